The lowest BCUT2D eigenvalue weighted by Crippen LogP contribution is -2.80. The predicted octanol–water partition coefficient (Wildman–Crippen LogP) is 2.47. The molecule has 4 saturated heterocycles. The van der Waals surface area contributed by atoms with Crippen LogP contribution in [0.1, 0.15) is 25.0 Å². The minimum absolute atomic E-state index is 0.000712. The maximum Gasteiger partial charge on any atom is 0.359 e. The Balaban J connectivity index is 1.54. The molecule has 12 heteroatoms. The molecule has 0 bridgehead atoms. The topological polar surface area (TPSA) is 106 Å². The number of hydrogen-bond acceptors (Lipinski definition) is 8. The normalized spacial score (nSPS) is 25.0. The molecule has 2 aromatic rings. The molecular formula is C28H32N6O6. The van der Waals surface area contributed by atoms with E-state index in [0.717, 1.165) is 22.5 Å². The summed E-state index contributed by atoms with van der Waals surface area (Å²) in [4.78, 5) is 65.7. The minimum atomic E-state index is -2.07. The molecule has 4 fully saturated rings. The van der Waals surface area contributed by atoms with Crippen molar-refractivity contribution in [1.82, 2.24) is 19.6 Å². The Morgan fingerprint density at radius 1 is 0.625 bits per heavy atom. The number of amides is 4. The van der Waals surface area contributed by atoms with Crippen molar-refractivity contribution in [3.63, 3.8) is 0 Å². The van der Waals surface area contributed by atoms with Crippen LogP contribution in [0.15, 0.2) is 48.5 Å². The van der Waals surface area contributed by atoms with Gasteiger partial charge < -0.3 is 19.3 Å². The van der Waals surface area contributed by atoms with Gasteiger partial charge in [-0.25, -0.2) is 19.2 Å². The lowest BCUT2D eigenvalue weighted by Gasteiger charge is -2.51. The Kier molecular flexibility index (Phi) is 5.82. The average molecular weight is 549 g/mol. The van der Waals surface area contributed by atoms with Crippen LogP contribution in [0.3, 0.4) is 0 Å². The summed E-state index contributed by atoms with van der Waals surface area (Å²) in [6, 6.07) is 14.2. The third kappa shape index (κ3) is 3.12. The van der Waals surface area contributed by atoms with Gasteiger partial charge in [0.15, 0.2) is 0 Å². The molecule has 4 aliphatic rings. The Morgan fingerprint density at radius 3 is 1.20 bits per heavy atom. The molecule has 4 heterocycles. The second kappa shape index (κ2) is 9.04. The van der Waals surface area contributed by atoms with Gasteiger partial charge in [0.05, 0.1) is 39.9 Å². The highest BCUT2D eigenvalue weighted by molar-refractivity contribution is 6.10. The number of urea groups is 2. The van der Waals surface area contributed by atoms with Gasteiger partial charge in [0.2, 0.25) is 0 Å². The van der Waals surface area contributed by atoms with E-state index in [0.29, 0.717) is 0 Å². The van der Waals surface area contributed by atoms with Crippen LogP contribution in [0.5, 0.6) is 0 Å². The van der Waals surface area contributed by atoms with Crippen molar-refractivity contribution in [3.05, 3.63) is 59.7 Å². The van der Waals surface area contributed by atoms with E-state index in [-0.39, 0.29) is 39.9 Å². The van der Waals surface area contributed by atoms with Gasteiger partial charge in [-0.05, 0) is 52.0 Å². The lowest BCUT2D eigenvalue weighted by molar-refractivity contribution is -0.194. The molecule has 0 saturated carbocycles. The molecule has 4 amide bonds. The fourth-order valence-corrected chi connectivity index (χ4v) is 6.34. The quantitative estimate of drug-likeness (QED) is 0.507. The number of carbonyl (C=O) groups is 4. The Hall–Kier alpha value is -4.48. The number of anilines is 2. The first kappa shape index (κ1) is 25.8. The first-order valence-corrected chi connectivity index (χ1v) is 13.4. The third-order valence-corrected chi connectivity index (χ3v) is 8.14. The SMILES string of the molecule is CCOC(=O)C12N3CN(c4ccc(C)cc4)CN1C(=O)N1CN(c4ccc(C)cc4)CN(C3=O)C12C(=O)OCC. The standard InChI is InChI=1S/C28H32N6O6/c1-5-39-23(35)27-28(24(36)40-6-2)33-17-30(22-13-9-20(4)10-14-22)18-34(28)26(38)32(27)16-29(15-31(27)25(33)37)21-11-7-19(3)8-12-21/h7-14H,5-6,15-18H2,1-4H3. The van der Waals surface area contributed by atoms with Gasteiger partial charge in [0, 0.05) is 11.4 Å². The fourth-order valence-electron chi connectivity index (χ4n) is 6.34. The van der Waals surface area contributed by atoms with E-state index in [1.807, 2.05) is 72.2 Å². The molecule has 0 aromatic heterocycles. The van der Waals surface area contributed by atoms with Crippen molar-refractivity contribution >= 4 is 35.4 Å². The molecule has 40 heavy (non-hydrogen) atoms. The molecular weight excluding hydrogens is 516 g/mol. The number of aryl methyl sites for hydroxylation is 2. The largest absolute Gasteiger partial charge is 0.463 e. The summed E-state index contributed by atoms with van der Waals surface area (Å²) < 4.78 is 11.1. The van der Waals surface area contributed by atoms with Crippen LogP contribution in [-0.4, -0.2) is 94.8 Å². The molecule has 0 radical (unpaired) electrons. The van der Waals surface area contributed by atoms with E-state index >= 15 is 0 Å². The first-order chi connectivity index (χ1) is 19.2. The monoisotopic (exact) mass is 548 g/mol. The second-order valence-corrected chi connectivity index (χ2v) is 10.4. The van der Waals surface area contributed by atoms with Gasteiger partial charge >= 0.3 is 24.0 Å². The summed E-state index contributed by atoms with van der Waals surface area (Å²) in [6.07, 6.45) is 0. The van der Waals surface area contributed by atoms with Crippen LogP contribution in [0.4, 0.5) is 21.0 Å². The molecule has 0 unspecified atom stereocenters. The van der Waals surface area contributed by atoms with Gasteiger partial charge in [-0.2, -0.15) is 0 Å². The van der Waals surface area contributed by atoms with Crippen molar-refractivity contribution in [2.24, 2.45) is 0 Å². The number of hydrogen-bond donors (Lipinski definition) is 0. The molecule has 4 aliphatic heterocycles. The predicted molar refractivity (Wildman–Crippen MR) is 144 cm³/mol. The molecule has 0 spiro atoms. The number of ether oxygens (including phenoxy) is 2. The first-order valence-electron chi connectivity index (χ1n) is 13.4. The average Bonchev–Trinajstić information content (AvgIpc) is 3.33. The highest BCUT2D eigenvalue weighted by Gasteiger charge is 2.89. The molecule has 0 N–H and O–H groups in total. The molecule has 210 valence electrons. The summed E-state index contributed by atoms with van der Waals surface area (Å²) >= 11 is 0. The van der Waals surface area contributed by atoms with Crippen molar-refractivity contribution in [2.75, 3.05) is 49.7 Å². The van der Waals surface area contributed by atoms with Crippen molar-refractivity contribution in [1.29, 1.82) is 0 Å². The molecule has 2 aromatic carbocycles. The van der Waals surface area contributed by atoms with Crippen LogP contribution in [0.25, 0.3) is 0 Å². The molecule has 0 aliphatic carbocycles. The molecule has 6 rings (SSSR count). The van der Waals surface area contributed by atoms with Crippen molar-refractivity contribution in [2.45, 2.75) is 39.0 Å². The van der Waals surface area contributed by atoms with Crippen molar-refractivity contribution < 1.29 is 28.7 Å². The summed E-state index contributed by atoms with van der Waals surface area (Å²) in [5, 5.41) is 0. The minimum Gasteiger partial charge on any atom is -0.463 e. The Labute approximate surface area is 232 Å². The zero-order chi connectivity index (χ0) is 28.4. The van der Waals surface area contributed by atoms with Gasteiger partial charge in [-0.3, -0.25) is 19.6 Å². The van der Waals surface area contributed by atoms with Gasteiger partial charge in [0.1, 0.15) is 0 Å². The zero-order valence-corrected chi connectivity index (χ0v) is 23.0. The number of nitrogens with zero attached hydrogens (tertiary/aromatic N) is 6. The smallest absolute Gasteiger partial charge is 0.359 e. The molecule has 12 nitrogen and oxygen atoms in total. The number of esters is 2. The van der Waals surface area contributed by atoms with Crippen LogP contribution in [0.2, 0.25) is 0 Å². The zero-order valence-electron chi connectivity index (χ0n) is 23.0. The Morgan fingerprint density at radius 2 is 0.925 bits per heavy atom. The maximum absolute atomic E-state index is 14.4. The maximum atomic E-state index is 14.4. The van der Waals surface area contributed by atoms with Gasteiger partial charge in [-0.1, -0.05) is 35.4 Å². The second-order valence-electron chi connectivity index (χ2n) is 10.4. The van der Waals surface area contributed by atoms with E-state index < -0.39 is 35.3 Å². The van der Waals surface area contributed by atoms with Crippen LogP contribution < -0.4 is 9.80 Å². The van der Waals surface area contributed by atoms with E-state index in [2.05, 4.69) is 0 Å². The number of carbonyl (C=O) groups excluding carboxylic acids is 4. The number of benzene rings is 2. The lowest BCUT2D eigenvalue weighted by atomic mass is 9.89. The van der Waals surface area contributed by atoms with Crippen LogP contribution in [0, 0.1) is 13.8 Å². The summed E-state index contributed by atoms with van der Waals surface area (Å²) in [5.41, 5.74) is -0.490. The van der Waals surface area contributed by atoms with E-state index in [4.69, 9.17) is 9.47 Å². The van der Waals surface area contributed by atoms with E-state index in [1.54, 1.807) is 13.8 Å². The third-order valence-electron chi connectivity index (χ3n) is 8.14. The van der Waals surface area contributed by atoms with Crippen LogP contribution >= 0.6 is 0 Å². The van der Waals surface area contributed by atoms with E-state index in [9.17, 15) is 19.2 Å². The summed E-state index contributed by atoms with van der Waals surface area (Å²) in [6.45, 7) is 7.06. The summed E-state index contributed by atoms with van der Waals surface area (Å²) in [7, 11) is 0. The van der Waals surface area contributed by atoms with Crippen molar-refractivity contribution in [3.8, 4) is 0 Å². The van der Waals surface area contributed by atoms with Crippen LogP contribution in [-0.2, 0) is 19.1 Å². The molecule has 0 atom stereocenters. The van der Waals surface area contributed by atoms with Gasteiger partial charge in [-0.15, -0.1) is 0 Å². The van der Waals surface area contributed by atoms with Gasteiger partial charge in [0.25, 0.3) is 11.3 Å². The summed E-state index contributed by atoms with van der Waals surface area (Å²) in [5.74, 6) is -1.69. The highest BCUT2D eigenvalue weighted by atomic mass is 16.6. The van der Waals surface area contributed by atoms with E-state index in [1.165, 1.54) is 19.6 Å². The highest BCUT2D eigenvalue weighted by Crippen LogP contribution is 2.56. The fraction of sp³-hybridized carbons (Fsp3) is 0.429. The number of rotatable bonds is 6. The Bertz CT molecular complexity index is 1240.